The molecule has 0 aromatic carbocycles. The summed E-state index contributed by atoms with van der Waals surface area (Å²) in [5.74, 6) is 3.18. The maximum atomic E-state index is 3.70. The molecule has 1 heterocycles. The quantitative estimate of drug-likeness (QED) is 0.828. The Morgan fingerprint density at radius 1 is 1.17 bits per heavy atom. The Kier molecular flexibility index (Phi) is 3.95. The first-order valence-electron chi connectivity index (χ1n) is 8.25. The first-order valence-corrected chi connectivity index (χ1v) is 8.25. The molecule has 2 aliphatic carbocycles. The minimum Gasteiger partial charge on any atom is -0.313 e. The molecule has 3 aliphatic rings. The van der Waals surface area contributed by atoms with Crippen molar-refractivity contribution in [1.29, 1.82) is 0 Å². The Labute approximate surface area is 113 Å². The zero-order valence-electron chi connectivity index (χ0n) is 12.2. The third kappa shape index (κ3) is 2.46. The minimum atomic E-state index is 0.766. The van der Waals surface area contributed by atoms with Crippen molar-refractivity contribution in [2.24, 2.45) is 17.8 Å². The molecule has 5 unspecified atom stereocenters. The number of rotatable bonds is 3. The smallest absolute Gasteiger partial charge is 0.0110 e. The van der Waals surface area contributed by atoms with Gasteiger partial charge in [0, 0.05) is 25.2 Å². The Morgan fingerprint density at radius 3 is 2.72 bits per heavy atom. The summed E-state index contributed by atoms with van der Waals surface area (Å²) >= 11 is 0. The highest BCUT2D eigenvalue weighted by molar-refractivity contribution is 4.95. The van der Waals surface area contributed by atoms with Gasteiger partial charge in [-0.3, -0.25) is 4.90 Å². The standard InChI is InChI=1S/C16H30N2/c1-3-15-6-8-18(9-7-17-15)12(2)16-11-13-4-5-14(16)10-13/h12-17H,3-11H2,1-2H3. The van der Waals surface area contributed by atoms with Crippen LogP contribution in [-0.4, -0.2) is 36.6 Å². The van der Waals surface area contributed by atoms with Crippen molar-refractivity contribution in [3.63, 3.8) is 0 Å². The highest BCUT2D eigenvalue weighted by Crippen LogP contribution is 2.50. The summed E-state index contributed by atoms with van der Waals surface area (Å²) in [7, 11) is 0. The molecule has 2 saturated carbocycles. The lowest BCUT2D eigenvalue weighted by Gasteiger charge is -2.36. The van der Waals surface area contributed by atoms with Gasteiger partial charge < -0.3 is 5.32 Å². The van der Waals surface area contributed by atoms with Crippen molar-refractivity contribution in [2.75, 3.05) is 19.6 Å². The monoisotopic (exact) mass is 250 g/mol. The number of nitrogens with one attached hydrogen (secondary N) is 1. The van der Waals surface area contributed by atoms with E-state index >= 15 is 0 Å². The maximum absolute atomic E-state index is 3.70. The lowest BCUT2D eigenvalue weighted by molar-refractivity contribution is 0.126. The van der Waals surface area contributed by atoms with E-state index in [1.54, 1.807) is 6.42 Å². The molecule has 3 rings (SSSR count). The van der Waals surface area contributed by atoms with Gasteiger partial charge >= 0.3 is 0 Å². The summed E-state index contributed by atoms with van der Waals surface area (Å²) < 4.78 is 0. The third-order valence-electron chi connectivity index (χ3n) is 6.08. The Bertz CT molecular complexity index is 278. The van der Waals surface area contributed by atoms with E-state index in [2.05, 4.69) is 24.1 Å². The molecule has 2 nitrogen and oxygen atoms in total. The van der Waals surface area contributed by atoms with E-state index in [0.29, 0.717) is 0 Å². The zero-order chi connectivity index (χ0) is 12.5. The van der Waals surface area contributed by atoms with Crippen LogP contribution in [0.1, 0.15) is 52.4 Å². The Hall–Kier alpha value is -0.0800. The number of fused-ring (bicyclic) bond motifs is 2. The van der Waals surface area contributed by atoms with Crippen LogP contribution in [0.15, 0.2) is 0 Å². The molecule has 0 aromatic heterocycles. The highest BCUT2D eigenvalue weighted by atomic mass is 15.2. The SMILES string of the molecule is CCC1CCN(C(C)C2CC3CCC2C3)CCN1. The molecule has 0 radical (unpaired) electrons. The average molecular weight is 250 g/mol. The van der Waals surface area contributed by atoms with E-state index in [0.717, 1.165) is 29.8 Å². The lowest BCUT2D eigenvalue weighted by atomic mass is 9.83. The molecular formula is C16H30N2. The molecule has 5 atom stereocenters. The molecule has 18 heavy (non-hydrogen) atoms. The average Bonchev–Trinajstić information content (AvgIpc) is 2.93. The Morgan fingerprint density at radius 2 is 2.06 bits per heavy atom. The molecule has 104 valence electrons. The van der Waals surface area contributed by atoms with Crippen molar-refractivity contribution < 1.29 is 0 Å². The fraction of sp³-hybridized carbons (Fsp3) is 1.00. The minimum absolute atomic E-state index is 0.766. The van der Waals surface area contributed by atoms with E-state index < -0.39 is 0 Å². The van der Waals surface area contributed by atoms with E-state index in [1.807, 2.05) is 0 Å². The summed E-state index contributed by atoms with van der Waals surface area (Å²) in [6.07, 6.45) is 8.79. The van der Waals surface area contributed by atoms with E-state index in [9.17, 15) is 0 Å². The second kappa shape index (κ2) is 5.50. The molecule has 2 bridgehead atoms. The molecule has 2 heteroatoms. The van der Waals surface area contributed by atoms with Gasteiger partial charge in [-0.2, -0.15) is 0 Å². The number of hydrogen-bond donors (Lipinski definition) is 1. The second-order valence-electron chi connectivity index (χ2n) is 6.96. The van der Waals surface area contributed by atoms with Gasteiger partial charge in [-0.15, -0.1) is 0 Å². The molecule has 1 saturated heterocycles. The van der Waals surface area contributed by atoms with Crippen molar-refractivity contribution in [3.05, 3.63) is 0 Å². The molecule has 0 spiro atoms. The lowest BCUT2D eigenvalue weighted by Crippen LogP contribution is -2.42. The summed E-state index contributed by atoms with van der Waals surface area (Å²) in [6.45, 7) is 8.61. The molecular weight excluding hydrogens is 220 g/mol. The van der Waals surface area contributed by atoms with E-state index in [4.69, 9.17) is 0 Å². The third-order valence-corrected chi connectivity index (χ3v) is 6.08. The fourth-order valence-electron chi connectivity index (χ4n) is 4.86. The van der Waals surface area contributed by atoms with Gasteiger partial charge in [0.15, 0.2) is 0 Å². The highest BCUT2D eigenvalue weighted by Gasteiger charge is 2.43. The molecule has 0 amide bonds. The largest absolute Gasteiger partial charge is 0.313 e. The van der Waals surface area contributed by atoms with Crippen molar-refractivity contribution >= 4 is 0 Å². The van der Waals surface area contributed by atoms with Gasteiger partial charge in [-0.25, -0.2) is 0 Å². The number of nitrogens with zero attached hydrogens (tertiary/aromatic N) is 1. The van der Waals surface area contributed by atoms with Crippen LogP contribution in [0.4, 0.5) is 0 Å². The van der Waals surface area contributed by atoms with Gasteiger partial charge in [-0.05, 0) is 63.3 Å². The molecule has 0 aromatic rings. The van der Waals surface area contributed by atoms with Gasteiger partial charge in [-0.1, -0.05) is 13.3 Å². The normalized spacial score (nSPS) is 43.0. The van der Waals surface area contributed by atoms with Crippen LogP contribution < -0.4 is 5.32 Å². The summed E-state index contributed by atoms with van der Waals surface area (Å²) in [5.41, 5.74) is 0. The maximum Gasteiger partial charge on any atom is 0.0110 e. The van der Waals surface area contributed by atoms with Crippen molar-refractivity contribution in [2.45, 2.75) is 64.5 Å². The van der Waals surface area contributed by atoms with Crippen LogP contribution in [-0.2, 0) is 0 Å². The van der Waals surface area contributed by atoms with Crippen molar-refractivity contribution in [1.82, 2.24) is 10.2 Å². The van der Waals surface area contributed by atoms with Gasteiger partial charge in [0.25, 0.3) is 0 Å². The van der Waals surface area contributed by atoms with Crippen LogP contribution in [0.5, 0.6) is 0 Å². The van der Waals surface area contributed by atoms with Gasteiger partial charge in [0.2, 0.25) is 0 Å². The van der Waals surface area contributed by atoms with Crippen LogP contribution in [0.25, 0.3) is 0 Å². The second-order valence-corrected chi connectivity index (χ2v) is 6.96. The Balaban J connectivity index is 1.57. The summed E-state index contributed by atoms with van der Waals surface area (Å²) in [6, 6.07) is 1.60. The first-order chi connectivity index (χ1) is 8.78. The van der Waals surface area contributed by atoms with E-state index in [1.165, 1.54) is 51.7 Å². The van der Waals surface area contributed by atoms with Crippen LogP contribution in [0.2, 0.25) is 0 Å². The molecule has 3 fully saturated rings. The summed E-state index contributed by atoms with van der Waals surface area (Å²) in [5, 5.41) is 3.70. The number of hydrogen-bond acceptors (Lipinski definition) is 2. The topological polar surface area (TPSA) is 15.3 Å². The molecule has 1 N–H and O–H groups in total. The predicted octanol–water partition coefficient (Wildman–Crippen LogP) is 2.89. The molecule has 1 aliphatic heterocycles. The predicted molar refractivity (Wildman–Crippen MR) is 76.7 cm³/mol. The van der Waals surface area contributed by atoms with E-state index in [-0.39, 0.29) is 0 Å². The van der Waals surface area contributed by atoms with Crippen LogP contribution in [0.3, 0.4) is 0 Å². The van der Waals surface area contributed by atoms with Crippen molar-refractivity contribution in [3.8, 4) is 0 Å². The van der Waals surface area contributed by atoms with Gasteiger partial charge in [0.1, 0.15) is 0 Å². The fourth-order valence-corrected chi connectivity index (χ4v) is 4.86. The van der Waals surface area contributed by atoms with Crippen LogP contribution >= 0.6 is 0 Å². The summed E-state index contributed by atoms with van der Waals surface area (Å²) in [4.78, 5) is 2.79. The first kappa shape index (κ1) is 12.9. The van der Waals surface area contributed by atoms with Crippen LogP contribution in [0, 0.1) is 17.8 Å². The zero-order valence-corrected chi connectivity index (χ0v) is 12.2. The van der Waals surface area contributed by atoms with Gasteiger partial charge in [0.05, 0.1) is 0 Å².